The second-order valence-electron chi connectivity index (χ2n) is 3.58. The molecule has 0 spiro atoms. The van der Waals surface area contributed by atoms with E-state index in [4.69, 9.17) is 15.6 Å². The molecule has 2 rings (SSSR count). The Morgan fingerprint density at radius 3 is 3.14 bits per heavy atom. The van der Waals surface area contributed by atoms with Crippen LogP contribution in [0.3, 0.4) is 0 Å². The van der Waals surface area contributed by atoms with Crippen LogP contribution in [0.1, 0.15) is 23.6 Å². The normalized spacial score (nSPS) is 19.4. The number of hydrogen-bond acceptors (Lipinski definition) is 3. The average Bonchev–Trinajstić information content (AvgIpc) is 2.57. The number of aliphatic hydroxyl groups excluding tert-OH is 1. The van der Waals surface area contributed by atoms with Crippen molar-refractivity contribution in [1.29, 1.82) is 0 Å². The molecule has 3 heteroatoms. The van der Waals surface area contributed by atoms with Crippen molar-refractivity contribution in [3.63, 3.8) is 0 Å². The first-order valence-corrected chi connectivity index (χ1v) is 4.93. The van der Waals surface area contributed by atoms with Gasteiger partial charge in [0.25, 0.3) is 0 Å². The van der Waals surface area contributed by atoms with Crippen LogP contribution in [0.2, 0.25) is 0 Å². The van der Waals surface area contributed by atoms with Gasteiger partial charge in [0.05, 0.1) is 6.61 Å². The quantitative estimate of drug-likeness (QED) is 0.753. The highest BCUT2D eigenvalue weighted by Gasteiger charge is 2.18. The van der Waals surface area contributed by atoms with Crippen LogP contribution in [0.25, 0.3) is 0 Å². The lowest BCUT2D eigenvalue weighted by atomic mass is 10.1. The first-order valence-electron chi connectivity index (χ1n) is 4.93. The topological polar surface area (TPSA) is 55.5 Å². The highest BCUT2D eigenvalue weighted by Crippen LogP contribution is 2.31. The molecule has 0 heterocycles. The maximum Gasteiger partial charge on any atom is 0.119 e. The number of hydrogen-bond donors (Lipinski definition) is 2. The van der Waals surface area contributed by atoms with E-state index in [9.17, 15) is 0 Å². The molecule has 0 fully saturated rings. The molecular formula is C11H15NO2. The Morgan fingerprint density at radius 1 is 1.50 bits per heavy atom. The average molecular weight is 193 g/mol. The van der Waals surface area contributed by atoms with Gasteiger partial charge in [-0.2, -0.15) is 0 Å². The van der Waals surface area contributed by atoms with Gasteiger partial charge in [-0.15, -0.1) is 0 Å². The first-order chi connectivity index (χ1) is 6.81. The Bertz CT molecular complexity index is 325. The minimum absolute atomic E-state index is 0.0522. The van der Waals surface area contributed by atoms with Crippen LogP contribution in [-0.2, 0) is 6.42 Å². The third kappa shape index (κ3) is 1.74. The molecule has 0 saturated heterocycles. The summed E-state index contributed by atoms with van der Waals surface area (Å²) in [7, 11) is 0. The molecule has 76 valence electrons. The van der Waals surface area contributed by atoms with Crippen LogP contribution in [0.5, 0.6) is 5.75 Å². The summed E-state index contributed by atoms with van der Waals surface area (Å²) in [5.41, 5.74) is 8.44. The van der Waals surface area contributed by atoms with Crippen molar-refractivity contribution in [3.8, 4) is 5.75 Å². The second kappa shape index (κ2) is 3.98. The smallest absolute Gasteiger partial charge is 0.119 e. The summed E-state index contributed by atoms with van der Waals surface area (Å²) in [6.45, 7) is 0.404. The van der Waals surface area contributed by atoms with Gasteiger partial charge in [-0.3, -0.25) is 0 Å². The molecule has 14 heavy (non-hydrogen) atoms. The van der Waals surface area contributed by atoms with E-state index in [1.807, 2.05) is 18.2 Å². The van der Waals surface area contributed by atoms with Crippen LogP contribution in [0.4, 0.5) is 0 Å². The number of fused-ring (bicyclic) bond motifs is 1. The van der Waals surface area contributed by atoms with Gasteiger partial charge in [0.15, 0.2) is 0 Å². The van der Waals surface area contributed by atoms with Crippen molar-refractivity contribution in [2.24, 2.45) is 5.73 Å². The lowest BCUT2D eigenvalue weighted by molar-refractivity contribution is 0.201. The van der Waals surface area contributed by atoms with Gasteiger partial charge in [0, 0.05) is 6.04 Å². The highest BCUT2D eigenvalue weighted by atomic mass is 16.5. The summed E-state index contributed by atoms with van der Waals surface area (Å²) in [6, 6.07) is 6.16. The first kappa shape index (κ1) is 9.49. The zero-order valence-corrected chi connectivity index (χ0v) is 8.07. The van der Waals surface area contributed by atoms with Crippen molar-refractivity contribution in [3.05, 3.63) is 29.3 Å². The third-order valence-electron chi connectivity index (χ3n) is 2.60. The summed E-state index contributed by atoms with van der Waals surface area (Å²) in [5.74, 6) is 0.826. The molecule has 3 N–H and O–H groups in total. The SMILES string of the molecule is N[C@H]1CCc2cc(OCCO)ccc21. The predicted molar refractivity (Wildman–Crippen MR) is 54.3 cm³/mol. The molecule has 1 aromatic carbocycles. The Kier molecular flexibility index (Phi) is 2.70. The fraction of sp³-hybridized carbons (Fsp3) is 0.455. The summed E-state index contributed by atoms with van der Waals surface area (Å²) in [5, 5.41) is 8.62. The van der Waals surface area contributed by atoms with Crippen molar-refractivity contribution in [2.75, 3.05) is 13.2 Å². The number of benzene rings is 1. The summed E-state index contributed by atoms with van der Waals surface area (Å²) >= 11 is 0. The number of rotatable bonds is 3. The van der Waals surface area contributed by atoms with E-state index in [-0.39, 0.29) is 12.6 Å². The monoisotopic (exact) mass is 193 g/mol. The number of ether oxygens (including phenoxy) is 1. The van der Waals surface area contributed by atoms with Gasteiger partial charge in [-0.05, 0) is 36.1 Å². The molecule has 0 saturated carbocycles. The zero-order chi connectivity index (χ0) is 9.97. The third-order valence-corrected chi connectivity index (χ3v) is 2.60. The van der Waals surface area contributed by atoms with Gasteiger partial charge >= 0.3 is 0 Å². The van der Waals surface area contributed by atoms with E-state index in [1.165, 1.54) is 11.1 Å². The molecule has 1 aliphatic rings. The number of nitrogens with two attached hydrogens (primary N) is 1. The van der Waals surface area contributed by atoms with Crippen molar-refractivity contribution < 1.29 is 9.84 Å². The molecule has 0 aliphatic heterocycles. The molecule has 0 unspecified atom stereocenters. The standard InChI is InChI=1S/C11H15NO2/c12-11-4-1-8-7-9(14-6-5-13)2-3-10(8)11/h2-3,7,11,13H,1,4-6,12H2/t11-/m0/s1. The van der Waals surface area contributed by atoms with E-state index in [2.05, 4.69) is 0 Å². The van der Waals surface area contributed by atoms with Crippen LogP contribution in [0, 0.1) is 0 Å². The van der Waals surface area contributed by atoms with E-state index >= 15 is 0 Å². The molecular weight excluding hydrogens is 178 g/mol. The molecule has 1 aromatic rings. The van der Waals surface area contributed by atoms with Crippen molar-refractivity contribution in [1.82, 2.24) is 0 Å². The van der Waals surface area contributed by atoms with Crippen LogP contribution >= 0.6 is 0 Å². The molecule has 0 amide bonds. The molecule has 1 aliphatic carbocycles. The van der Waals surface area contributed by atoms with Crippen molar-refractivity contribution >= 4 is 0 Å². The molecule has 0 aromatic heterocycles. The largest absolute Gasteiger partial charge is 0.491 e. The Morgan fingerprint density at radius 2 is 2.36 bits per heavy atom. The zero-order valence-electron chi connectivity index (χ0n) is 8.07. The van der Waals surface area contributed by atoms with E-state index < -0.39 is 0 Å². The predicted octanol–water partition coefficient (Wildman–Crippen LogP) is 1.00. The lowest BCUT2D eigenvalue weighted by Gasteiger charge is -2.08. The molecule has 3 nitrogen and oxygen atoms in total. The fourth-order valence-electron chi connectivity index (χ4n) is 1.88. The molecule has 0 bridgehead atoms. The van der Waals surface area contributed by atoms with Gasteiger partial charge in [0.1, 0.15) is 12.4 Å². The Hall–Kier alpha value is -1.06. The van der Waals surface area contributed by atoms with Gasteiger partial charge in [0.2, 0.25) is 0 Å². The van der Waals surface area contributed by atoms with Crippen LogP contribution < -0.4 is 10.5 Å². The van der Waals surface area contributed by atoms with Crippen LogP contribution in [-0.4, -0.2) is 18.3 Å². The summed E-state index contributed by atoms with van der Waals surface area (Å²) in [4.78, 5) is 0. The summed E-state index contributed by atoms with van der Waals surface area (Å²) < 4.78 is 5.32. The number of aryl methyl sites for hydroxylation is 1. The fourth-order valence-corrected chi connectivity index (χ4v) is 1.88. The van der Waals surface area contributed by atoms with Crippen molar-refractivity contribution in [2.45, 2.75) is 18.9 Å². The van der Waals surface area contributed by atoms with E-state index in [0.717, 1.165) is 18.6 Å². The van der Waals surface area contributed by atoms with Gasteiger partial charge in [-0.1, -0.05) is 6.07 Å². The van der Waals surface area contributed by atoms with E-state index in [1.54, 1.807) is 0 Å². The number of aliphatic hydroxyl groups is 1. The minimum Gasteiger partial charge on any atom is -0.491 e. The second-order valence-corrected chi connectivity index (χ2v) is 3.58. The maximum atomic E-state index is 8.62. The molecule has 1 atom stereocenters. The van der Waals surface area contributed by atoms with Crippen LogP contribution in [0.15, 0.2) is 18.2 Å². The minimum atomic E-state index is 0.0522. The Balaban J connectivity index is 2.15. The van der Waals surface area contributed by atoms with Gasteiger partial charge < -0.3 is 15.6 Å². The Labute approximate surface area is 83.5 Å². The summed E-state index contributed by atoms with van der Waals surface area (Å²) in [6.07, 6.45) is 2.06. The molecule has 0 radical (unpaired) electrons. The van der Waals surface area contributed by atoms with E-state index in [0.29, 0.717) is 6.61 Å². The van der Waals surface area contributed by atoms with Gasteiger partial charge in [-0.25, -0.2) is 0 Å². The maximum absolute atomic E-state index is 8.62. The lowest BCUT2D eigenvalue weighted by Crippen LogP contribution is -2.05. The highest BCUT2D eigenvalue weighted by molar-refractivity contribution is 5.40.